The Morgan fingerprint density at radius 3 is 2.75 bits per heavy atom. The van der Waals surface area contributed by atoms with Crippen molar-refractivity contribution in [3.8, 4) is 0 Å². The Balaban J connectivity index is 2.67. The molecule has 5 nitrogen and oxygen atoms in total. The van der Waals surface area contributed by atoms with E-state index in [2.05, 4.69) is 0 Å². The highest BCUT2D eigenvalue weighted by Crippen LogP contribution is 2.32. The molecule has 2 rings (SSSR count). The molecule has 1 aliphatic rings. The van der Waals surface area contributed by atoms with E-state index in [4.69, 9.17) is 10.8 Å². The van der Waals surface area contributed by atoms with E-state index in [-0.39, 0.29) is 11.5 Å². The predicted octanol–water partition coefficient (Wildman–Crippen LogP) is 0.876. The largest absolute Gasteiger partial charge is 0.478 e. The summed E-state index contributed by atoms with van der Waals surface area (Å²) in [6, 6.07) is 3.11. The Bertz CT molecular complexity index is 482. The highest BCUT2D eigenvalue weighted by molar-refractivity contribution is 6.05. The molecule has 16 heavy (non-hydrogen) atoms. The molecule has 84 valence electrons. The third-order valence-corrected chi connectivity index (χ3v) is 2.76. The van der Waals surface area contributed by atoms with Crippen LogP contribution in [0.2, 0.25) is 0 Å². The first kappa shape index (κ1) is 10.5. The van der Waals surface area contributed by atoms with Gasteiger partial charge in [0.2, 0.25) is 5.91 Å². The number of aromatic carboxylic acids is 1. The number of carboxylic acids is 1. The molecule has 0 atom stereocenters. The highest BCUT2D eigenvalue weighted by atomic mass is 16.4. The average molecular weight is 220 g/mol. The molecule has 0 saturated carbocycles. The molecule has 1 aromatic carbocycles. The van der Waals surface area contributed by atoms with Crippen LogP contribution in [0, 0.1) is 0 Å². The number of rotatable bonds is 1. The summed E-state index contributed by atoms with van der Waals surface area (Å²) in [6.07, 6.45) is 0.940. The minimum absolute atomic E-state index is 0.0697. The molecule has 3 N–H and O–H groups in total. The molecule has 0 bridgehead atoms. The van der Waals surface area contributed by atoms with E-state index >= 15 is 0 Å². The van der Waals surface area contributed by atoms with Gasteiger partial charge in [-0.15, -0.1) is 0 Å². The Labute approximate surface area is 92.5 Å². The zero-order valence-corrected chi connectivity index (χ0v) is 8.86. The fourth-order valence-electron chi connectivity index (χ4n) is 2.00. The van der Waals surface area contributed by atoms with Crippen LogP contribution < -0.4 is 10.6 Å². The lowest BCUT2D eigenvalue weighted by Gasteiger charge is -2.27. The molecule has 0 aliphatic carbocycles. The molecular weight excluding hydrogens is 208 g/mol. The number of nitrogens with two attached hydrogens (primary N) is 1. The fourth-order valence-corrected chi connectivity index (χ4v) is 2.00. The van der Waals surface area contributed by atoms with Crippen molar-refractivity contribution in [2.45, 2.75) is 12.8 Å². The van der Waals surface area contributed by atoms with Gasteiger partial charge in [-0.3, -0.25) is 4.79 Å². The van der Waals surface area contributed by atoms with Crippen molar-refractivity contribution in [1.29, 1.82) is 0 Å². The smallest absolute Gasteiger partial charge is 0.337 e. The van der Waals surface area contributed by atoms with E-state index in [0.717, 1.165) is 5.56 Å². The summed E-state index contributed by atoms with van der Waals surface area (Å²) in [4.78, 5) is 24.0. The molecule has 0 fully saturated rings. The maximum absolute atomic E-state index is 11.5. The Kier molecular flexibility index (Phi) is 2.30. The quantitative estimate of drug-likeness (QED) is 0.688. The summed E-state index contributed by atoms with van der Waals surface area (Å²) in [5.74, 6) is -1.13. The molecule has 0 radical (unpaired) electrons. The normalized spacial score (nSPS) is 14.8. The number of benzene rings is 1. The number of carbonyl (C=O) groups is 2. The lowest BCUT2D eigenvalue weighted by molar-refractivity contribution is -0.118. The van der Waals surface area contributed by atoms with Crippen LogP contribution in [0.15, 0.2) is 12.1 Å². The van der Waals surface area contributed by atoms with Gasteiger partial charge in [0.05, 0.1) is 11.3 Å². The summed E-state index contributed by atoms with van der Waals surface area (Å²) in [7, 11) is 1.59. The lowest BCUT2D eigenvalue weighted by Crippen LogP contribution is -2.32. The molecular formula is C11H12N2O3. The minimum atomic E-state index is -1.06. The number of fused-ring (bicyclic) bond motifs is 1. The molecule has 5 heteroatoms. The third-order valence-electron chi connectivity index (χ3n) is 2.76. The number of aryl methyl sites for hydroxylation is 1. The molecule has 0 unspecified atom stereocenters. The first-order valence-electron chi connectivity index (χ1n) is 4.93. The fraction of sp³-hybridized carbons (Fsp3) is 0.273. The number of nitrogen functional groups attached to an aromatic ring is 1. The van der Waals surface area contributed by atoms with Crippen LogP contribution in [0.3, 0.4) is 0 Å². The summed E-state index contributed by atoms with van der Waals surface area (Å²) in [6.45, 7) is 0. The minimum Gasteiger partial charge on any atom is -0.478 e. The zero-order valence-electron chi connectivity index (χ0n) is 8.86. The molecule has 0 aromatic heterocycles. The van der Waals surface area contributed by atoms with E-state index in [1.54, 1.807) is 13.1 Å². The number of carbonyl (C=O) groups excluding carboxylic acids is 1. The number of carboxylic acid groups (broad SMARTS) is 1. The zero-order chi connectivity index (χ0) is 11.9. The van der Waals surface area contributed by atoms with Crippen molar-refractivity contribution in [3.63, 3.8) is 0 Å². The van der Waals surface area contributed by atoms with Gasteiger partial charge in [-0.1, -0.05) is 0 Å². The van der Waals surface area contributed by atoms with Crippen molar-refractivity contribution < 1.29 is 14.7 Å². The van der Waals surface area contributed by atoms with Gasteiger partial charge in [0.25, 0.3) is 0 Å². The van der Waals surface area contributed by atoms with Crippen LogP contribution in [0.1, 0.15) is 22.3 Å². The van der Waals surface area contributed by atoms with Gasteiger partial charge in [-0.05, 0) is 24.1 Å². The van der Waals surface area contributed by atoms with Gasteiger partial charge >= 0.3 is 5.97 Å². The van der Waals surface area contributed by atoms with Gasteiger partial charge in [0.15, 0.2) is 0 Å². The monoisotopic (exact) mass is 220 g/mol. The third kappa shape index (κ3) is 1.50. The molecule has 1 heterocycles. The van der Waals surface area contributed by atoms with E-state index in [0.29, 0.717) is 24.2 Å². The summed E-state index contributed by atoms with van der Waals surface area (Å²) >= 11 is 0. The van der Waals surface area contributed by atoms with Gasteiger partial charge in [-0.2, -0.15) is 0 Å². The second-order valence-electron chi connectivity index (χ2n) is 3.83. The van der Waals surface area contributed by atoms with Crippen molar-refractivity contribution in [2.24, 2.45) is 0 Å². The summed E-state index contributed by atoms with van der Waals surface area (Å²) in [5, 5.41) is 9.08. The number of hydrogen-bond donors (Lipinski definition) is 2. The van der Waals surface area contributed by atoms with Gasteiger partial charge in [0, 0.05) is 19.2 Å². The highest BCUT2D eigenvalue weighted by Gasteiger charge is 2.26. The van der Waals surface area contributed by atoms with Crippen LogP contribution in [0.25, 0.3) is 0 Å². The predicted molar refractivity (Wildman–Crippen MR) is 59.5 cm³/mol. The van der Waals surface area contributed by atoms with Crippen LogP contribution in [-0.4, -0.2) is 24.0 Å². The maximum atomic E-state index is 11.5. The Morgan fingerprint density at radius 1 is 1.44 bits per heavy atom. The van der Waals surface area contributed by atoms with Crippen molar-refractivity contribution in [3.05, 3.63) is 23.3 Å². The molecule has 1 aliphatic heterocycles. The van der Waals surface area contributed by atoms with Crippen LogP contribution in [-0.2, 0) is 11.2 Å². The molecule has 0 spiro atoms. The topological polar surface area (TPSA) is 83.6 Å². The lowest BCUT2D eigenvalue weighted by atomic mass is 9.97. The standard InChI is InChI=1S/C11H12N2O3/c1-13-9(14)3-2-6-4-7(12)5-8(10(6)13)11(15)16/h4-5H,2-3,12H2,1H3,(H,15,16). The maximum Gasteiger partial charge on any atom is 0.337 e. The summed E-state index contributed by atoms with van der Waals surface area (Å²) in [5.41, 5.74) is 7.43. The molecule has 1 amide bonds. The first-order chi connectivity index (χ1) is 7.50. The van der Waals surface area contributed by atoms with Crippen LogP contribution >= 0.6 is 0 Å². The van der Waals surface area contributed by atoms with Gasteiger partial charge in [-0.25, -0.2) is 4.79 Å². The second-order valence-corrected chi connectivity index (χ2v) is 3.83. The number of nitrogens with zero attached hydrogens (tertiary/aromatic N) is 1. The molecule has 0 saturated heterocycles. The van der Waals surface area contributed by atoms with Gasteiger partial charge in [0.1, 0.15) is 0 Å². The van der Waals surface area contributed by atoms with Crippen molar-refractivity contribution in [2.75, 3.05) is 17.7 Å². The van der Waals surface area contributed by atoms with E-state index in [1.165, 1.54) is 11.0 Å². The Morgan fingerprint density at radius 2 is 2.12 bits per heavy atom. The average Bonchev–Trinajstić information content (AvgIpc) is 2.22. The number of anilines is 2. The summed E-state index contributed by atoms with van der Waals surface area (Å²) < 4.78 is 0. The molecule has 1 aromatic rings. The van der Waals surface area contributed by atoms with Crippen LogP contribution in [0.4, 0.5) is 11.4 Å². The van der Waals surface area contributed by atoms with E-state index < -0.39 is 5.97 Å². The first-order valence-corrected chi connectivity index (χ1v) is 4.93. The van der Waals surface area contributed by atoms with E-state index in [1.807, 2.05) is 0 Å². The van der Waals surface area contributed by atoms with Gasteiger partial charge < -0.3 is 15.7 Å². The SMILES string of the molecule is CN1C(=O)CCc2cc(N)cc(C(=O)O)c21. The van der Waals surface area contributed by atoms with Crippen molar-refractivity contribution in [1.82, 2.24) is 0 Å². The number of hydrogen-bond acceptors (Lipinski definition) is 3. The Hall–Kier alpha value is -2.04. The number of amides is 1. The second kappa shape index (κ2) is 3.52. The van der Waals surface area contributed by atoms with Crippen LogP contribution in [0.5, 0.6) is 0 Å². The van der Waals surface area contributed by atoms with E-state index in [9.17, 15) is 9.59 Å². The van der Waals surface area contributed by atoms with Crippen molar-refractivity contribution >= 4 is 23.3 Å².